The highest BCUT2D eigenvalue weighted by atomic mass is 35.8. The van der Waals surface area contributed by atoms with Gasteiger partial charge in [-0.25, -0.2) is 0 Å². The highest BCUT2D eigenvalue weighted by Crippen LogP contribution is 2.27. The quantitative estimate of drug-likeness (QED) is 0.276. The molecule has 0 aliphatic rings. The van der Waals surface area contributed by atoms with Crippen molar-refractivity contribution in [1.82, 2.24) is 0 Å². The number of hydrogen-bond donors (Lipinski definition) is 0. The van der Waals surface area contributed by atoms with Crippen LogP contribution in [0.4, 0.5) is 0 Å². The van der Waals surface area contributed by atoms with Crippen LogP contribution in [0.15, 0.2) is 0 Å². The highest BCUT2D eigenvalue weighted by molar-refractivity contribution is 7.64. The summed E-state index contributed by atoms with van der Waals surface area (Å²) in [6.07, 6.45) is 9.05. The number of unbranched alkanes of at least 4 members (excludes halogenated alkanes) is 5. The van der Waals surface area contributed by atoms with Gasteiger partial charge in [0.2, 0.25) is 0 Å². The van der Waals surface area contributed by atoms with E-state index in [1.54, 1.807) is 0 Å². The Morgan fingerprint density at radius 1 is 0.800 bits per heavy atom. The number of rotatable bonds is 9. The summed E-state index contributed by atoms with van der Waals surface area (Å²) >= 11 is 17.4. The van der Waals surface area contributed by atoms with Crippen LogP contribution in [0.25, 0.3) is 0 Å². The summed E-state index contributed by atoms with van der Waals surface area (Å²) in [5.74, 6) is 0.848. The average Bonchev–Trinajstić information content (AvgIpc) is 2.07. The zero-order chi connectivity index (χ0) is 11.7. The number of hydrogen-bond acceptors (Lipinski definition) is 0. The van der Waals surface area contributed by atoms with Gasteiger partial charge in [-0.15, -0.1) is 33.2 Å². The summed E-state index contributed by atoms with van der Waals surface area (Å²) in [4.78, 5) is 0. The van der Waals surface area contributed by atoms with Crippen molar-refractivity contribution in [2.45, 2.75) is 64.8 Å². The van der Waals surface area contributed by atoms with E-state index in [9.17, 15) is 0 Å². The van der Waals surface area contributed by atoms with Crippen molar-refractivity contribution >= 4 is 39.2 Å². The lowest BCUT2D eigenvalue weighted by molar-refractivity contribution is 0.514. The third kappa shape index (κ3) is 15.1. The molecule has 0 spiro atoms. The van der Waals surface area contributed by atoms with Crippen LogP contribution in [0.1, 0.15) is 58.8 Å². The van der Waals surface area contributed by atoms with Gasteiger partial charge in [0.05, 0.1) is 0 Å². The molecule has 0 saturated heterocycles. The summed E-state index contributed by atoms with van der Waals surface area (Å²) in [5, 5.41) is 0. The van der Waals surface area contributed by atoms with Crippen molar-refractivity contribution < 1.29 is 0 Å². The Hall–Kier alpha value is 1.09. The minimum absolute atomic E-state index is 0.823. The molecule has 0 amide bonds. The molecule has 0 bridgehead atoms. The molecule has 0 heterocycles. The molecular formula is C11H23Cl3Si. The summed E-state index contributed by atoms with van der Waals surface area (Å²) in [6, 6.07) is -1.51. The van der Waals surface area contributed by atoms with Gasteiger partial charge in [-0.3, -0.25) is 0 Å². The molecule has 0 aliphatic heterocycles. The molecule has 0 aromatic heterocycles. The van der Waals surface area contributed by atoms with E-state index in [1.165, 1.54) is 38.5 Å². The SMILES string of the molecule is CC(C)CCCCCCCC[Si](Cl)(Cl)Cl. The lowest BCUT2D eigenvalue weighted by atomic mass is 10.0. The third-order valence-electron chi connectivity index (χ3n) is 2.49. The Labute approximate surface area is 110 Å². The van der Waals surface area contributed by atoms with E-state index in [2.05, 4.69) is 13.8 Å². The first-order valence-electron chi connectivity index (χ1n) is 5.98. The molecule has 0 nitrogen and oxygen atoms in total. The zero-order valence-corrected chi connectivity index (χ0v) is 13.1. The van der Waals surface area contributed by atoms with Gasteiger partial charge in [0.25, 0.3) is 0 Å². The van der Waals surface area contributed by atoms with Gasteiger partial charge < -0.3 is 0 Å². The van der Waals surface area contributed by atoms with Crippen molar-refractivity contribution in [1.29, 1.82) is 0 Å². The van der Waals surface area contributed by atoms with Crippen LogP contribution in [0.5, 0.6) is 0 Å². The largest absolute Gasteiger partial charge is 0.341 e. The Bertz CT molecular complexity index is 143. The molecule has 0 unspecified atom stereocenters. The van der Waals surface area contributed by atoms with Crippen molar-refractivity contribution in [2.24, 2.45) is 5.92 Å². The molecule has 0 aromatic carbocycles. The highest BCUT2D eigenvalue weighted by Gasteiger charge is 2.23. The van der Waals surface area contributed by atoms with E-state index in [0.29, 0.717) is 0 Å². The summed E-state index contributed by atoms with van der Waals surface area (Å²) in [5.41, 5.74) is 0. The normalized spacial score (nSPS) is 12.4. The van der Waals surface area contributed by atoms with E-state index >= 15 is 0 Å². The minimum atomic E-state index is -2.33. The first kappa shape index (κ1) is 16.1. The molecule has 0 fully saturated rings. The van der Waals surface area contributed by atoms with E-state index in [4.69, 9.17) is 33.2 Å². The number of halogens is 3. The maximum atomic E-state index is 5.80. The van der Waals surface area contributed by atoms with E-state index in [1.807, 2.05) is 0 Å². The van der Waals surface area contributed by atoms with E-state index in [0.717, 1.165) is 18.4 Å². The Kier molecular flexibility index (Phi) is 9.81. The Balaban J connectivity index is 3.06. The average molecular weight is 290 g/mol. The second-order valence-electron chi connectivity index (χ2n) is 4.67. The molecular weight excluding hydrogens is 267 g/mol. The monoisotopic (exact) mass is 288 g/mol. The van der Waals surface area contributed by atoms with Gasteiger partial charge in [0.15, 0.2) is 0 Å². The Morgan fingerprint density at radius 2 is 1.27 bits per heavy atom. The predicted molar refractivity (Wildman–Crippen MR) is 75.3 cm³/mol. The molecule has 0 rings (SSSR count). The van der Waals surface area contributed by atoms with Gasteiger partial charge in [0.1, 0.15) is 0 Å². The maximum Gasteiger partial charge on any atom is 0.341 e. The molecule has 0 radical (unpaired) electrons. The zero-order valence-electron chi connectivity index (χ0n) is 9.87. The van der Waals surface area contributed by atoms with Crippen molar-refractivity contribution in [3.05, 3.63) is 0 Å². The van der Waals surface area contributed by atoms with Crippen LogP contribution in [0, 0.1) is 5.92 Å². The fourth-order valence-corrected chi connectivity index (χ4v) is 3.44. The van der Waals surface area contributed by atoms with Crippen LogP contribution >= 0.6 is 33.2 Å². The first-order chi connectivity index (χ1) is 6.92. The fraction of sp³-hybridized carbons (Fsp3) is 1.00. The van der Waals surface area contributed by atoms with Crippen LogP contribution in [-0.2, 0) is 0 Å². The standard InChI is InChI=1S/C11H23Cl3Si/c1-11(2)9-7-5-3-4-6-8-10-15(12,13)14/h11H,3-10H2,1-2H3. The molecule has 0 atom stereocenters. The lowest BCUT2D eigenvalue weighted by Crippen LogP contribution is -2.07. The van der Waals surface area contributed by atoms with Crippen LogP contribution in [0.2, 0.25) is 6.04 Å². The second kappa shape index (κ2) is 9.15. The van der Waals surface area contributed by atoms with Gasteiger partial charge in [-0.05, 0) is 12.0 Å². The molecule has 0 aliphatic carbocycles. The van der Waals surface area contributed by atoms with Crippen LogP contribution < -0.4 is 0 Å². The van der Waals surface area contributed by atoms with E-state index in [-0.39, 0.29) is 0 Å². The smallest absolute Gasteiger partial charge is 0.126 e. The van der Waals surface area contributed by atoms with E-state index < -0.39 is 6.00 Å². The third-order valence-corrected chi connectivity index (χ3v) is 5.11. The molecule has 0 N–H and O–H groups in total. The van der Waals surface area contributed by atoms with Crippen molar-refractivity contribution in [3.63, 3.8) is 0 Å². The molecule has 0 saturated carbocycles. The van der Waals surface area contributed by atoms with Crippen molar-refractivity contribution in [2.75, 3.05) is 0 Å². The molecule has 92 valence electrons. The summed E-state index contributed by atoms with van der Waals surface area (Å²) in [6.45, 7) is 4.57. The predicted octanol–water partition coefficient (Wildman–Crippen LogP) is 6.03. The van der Waals surface area contributed by atoms with Crippen LogP contribution in [0.3, 0.4) is 0 Å². The first-order valence-corrected chi connectivity index (χ1v) is 11.2. The summed E-state index contributed by atoms with van der Waals surface area (Å²) < 4.78 is 0. The minimum Gasteiger partial charge on any atom is -0.126 e. The maximum absolute atomic E-state index is 5.80. The molecule has 15 heavy (non-hydrogen) atoms. The summed E-state index contributed by atoms with van der Waals surface area (Å²) in [7, 11) is 0. The van der Waals surface area contributed by atoms with Gasteiger partial charge >= 0.3 is 6.00 Å². The van der Waals surface area contributed by atoms with Crippen molar-refractivity contribution in [3.8, 4) is 0 Å². The van der Waals surface area contributed by atoms with Gasteiger partial charge in [-0.1, -0.05) is 58.8 Å². The molecule has 4 heteroatoms. The topological polar surface area (TPSA) is 0 Å². The molecule has 0 aromatic rings. The lowest BCUT2D eigenvalue weighted by Gasteiger charge is -2.07. The Morgan fingerprint density at radius 3 is 1.73 bits per heavy atom. The second-order valence-corrected chi connectivity index (χ2v) is 13.9. The fourth-order valence-electron chi connectivity index (χ4n) is 1.59. The van der Waals surface area contributed by atoms with Gasteiger partial charge in [-0.2, -0.15) is 0 Å². The van der Waals surface area contributed by atoms with Gasteiger partial charge in [0, 0.05) is 0 Å². The van der Waals surface area contributed by atoms with Crippen LogP contribution in [-0.4, -0.2) is 6.00 Å².